The molecule has 2 N–H and O–H groups in total. The smallest absolute Gasteiger partial charge is 0.340 e. The quantitative estimate of drug-likeness (QED) is 0.579. The summed E-state index contributed by atoms with van der Waals surface area (Å²) < 4.78 is 9.79. The lowest BCUT2D eigenvalue weighted by atomic mass is 10.0. The number of carbonyl (C=O) groups is 3. The predicted octanol–water partition coefficient (Wildman–Crippen LogP) is 2.88. The first-order valence-corrected chi connectivity index (χ1v) is 9.21. The van der Waals surface area contributed by atoms with E-state index in [1.165, 1.54) is 13.2 Å². The number of methoxy groups -OCH3 is 1. The van der Waals surface area contributed by atoms with E-state index in [1.54, 1.807) is 24.4 Å². The van der Waals surface area contributed by atoms with Crippen molar-refractivity contribution in [1.82, 2.24) is 10.3 Å². The highest BCUT2D eigenvalue weighted by Gasteiger charge is 2.24. The molecule has 29 heavy (non-hydrogen) atoms. The number of aromatic nitrogens is 1. The van der Waals surface area contributed by atoms with Gasteiger partial charge in [-0.15, -0.1) is 0 Å². The minimum Gasteiger partial charge on any atom is -0.467 e. The molecule has 2 aromatic carbocycles. The number of hydrogen-bond acceptors (Lipinski definition) is 5. The van der Waals surface area contributed by atoms with Crippen molar-refractivity contribution in [2.24, 2.45) is 0 Å². The van der Waals surface area contributed by atoms with Gasteiger partial charge >= 0.3 is 11.9 Å². The Kier molecular flexibility index (Phi) is 6.51. The Morgan fingerprint density at radius 2 is 1.83 bits per heavy atom. The number of aromatic amines is 1. The molecule has 1 amide bonds. The maximum absolute atomic E-state index is 12.2. The predicted molar refractivity (Wildman–Crippen MR) is 108 cm³/mol. The summed E-state index contributed by atoms with van der Waals surface area (Å²) in [6.45, 7) is -0.550. The summed E-state index contributed by atoms with van der Waals surface area (Å²) in [6, 6.07) is 13.1. The molecule has 1 atom stereocenters. The van der Waals surface area contributed by atoms with Crippen molar-refractivity contribution < 1.29 is 23.9 Å². The topological polar surface area (TPSA) is 97.5 Å². The standard InChI is InChI=1S/C21H19ClN2O5/c1-28-21(27)18(10-13-11-23-17-9-5-3-6-14(13)17)24-19(25)12-29-20(26)15-7-2-4-8-16(15)22/h2-9,11,18,23H,10,12H2,1H3,(H,24,25)/t18-/m0/s1. The van der Waals surface area contributed by atoms with Crippen LogP contribution in [0.4, 0.5) is 0 Å². The second-order valence-electron chi connectivity index (χ2n) is 6.26. The lowest BCUT2D eigenvalue weighted by Gasteiger charge is -2.16. The molecule has 0 saturated carbocycles. The fourth-order valence-corrected chi connectivity index (χ4v) is 3.14. The van der Waals surface area contributed by atoms with Crippen LogP contribution in [0.1, 0.15) is 15.9 Å². The van der Waals surface area contributed by atoms with E-state index in [1.807, 2.05) is 24.3 Å². The van der Waals surface area contributed by atoms with Crippen molar-refractivity contribution in [1.29, 1.82) is 0 Å². The molecule has 0 radical (unpaired) electrons. The molecule has 0 aliphatic carbocycles. The van der Waals surface area contributed by atoms with Crippen molar-refractivity contribution in [3.05, 3.63) is 70.9 Å². The summed E-state index contributed by atoms with van der Waals surface area (Å²) >= 11 is 5.94. The molecule has 0 saturated heterocycles. The molecule has 0 fully saturated rings. The molecule has 1 aromatic heterocycles. The zero-order chi connectivity index (χ0) is 20.8. The van der Waals surface area contributed by atoms with Crippen molar-refractivity contribution in [3.63, 3.8) is 0 Å². The first-order valence-electron chi connectivity index (χ1n) is 8.83. The zero-order valence-corrected chi connectivity index (χ0v) is 16.4. The average Bonchev–Trinajstić information content (AvgIpc) is 3.14. The van der Waals surface area contributed by atoms with Crippen LogP contribution >= 0.6 is 11.6 Å². The monoisotopic (exact) mass is 414 g/mol. The summed E-state index contributed by atoms with van der Waals surface area (Å²) in [4.78, 5) is 39.6. The van der Waals surface area contributed by atoms with Crippen molar-refractivity contribution in [2.75, 3.05) is 13.7 Å². The van der Waals surface area contributed by atoms with Crippen molar-refractivity contribution >= 4 is 40.3 Å². The third-order valence-corrected chi connectivity index (χ3v) is 4.68. The van der Waals surface area contributed by atoms with Crippen LogP contribution in [0.2, 0.25) is 5.02 Å². The SMILES string of the molecule is COC(=O)[C@H](Cc1c[nH]c2ccccc12)NC(=O)COC(=O)c1ccccc1Cl. The summed E-state index contributed by atoms with van der Waals surface area (Å²) in [5.74, 6) is -1.95. The number of ether oxygens (including phenoxy) is 2. The fourth-order valence-electron chi connectivity index (χ4n) is 2.93. The number of fused-ring (bicyclic) bond motifs is 1. The second-order valence-corrected chi connectivity index (χ2v) is 6.67. The van der Waals surface area contributed by atoms with Crippen LogP contribution in [-0.4, -0.2) is 42.6 Å². The molecule has 3 aromatic rings. The van der Waals surface area contributed by atoms with Gasteiger partial charge in [0.15, 0.2) is 6.61 Å². The van der Waals surface area contributed by atoms with Gasteiger partial charge in [0.25, 0.3) is 5.91 Å². The highest BCUT2D eigenvalue weighted by molar-refractivity contribution is 6.33. The number of hydrogen-bond donors (Lipinski definition) is 2. The Morgan fingerprint density at radius 3 is 2.59 bits per heavy atom. The van der Waals surface area contributed by atoms with E-state index < -0.39 is 30.5 Å². The number of esters is 2. The first-order chi connectivity index (χ1) is 14.0. The molecular weight excluding hydrogens is 396 g/mol. The molecule has 7 nitrogen and oxygen atoms in total. The number of amides is 1. The van der Waals surface area contributed by atoms with E-state index >= 15 is 0 Å². The third kappa shape index (κ3) is 4.94. The van der Waals surface area contributed by atoms with Crippen LogP contribution in [0.15, 0.2) is 54.7 Å². The molecule has 0 spiro atoms. The van der Waals surface area contributed by atoms with Gasteiger partial charge < -0.3 is 19.8 Å². The molecule has 0 aliphatic heterocycles. The minimum absolute atomic E-state index is 0.158. The number of halogens is 1. The molecule has 0 unspecified atom stereocenters. The summed E-state index contributed by atoms with van der Waals surface area (Å²) in [5.41, 5.74) is 1.93. The minimum atomic E-state index is -0.925. The maximum atomic E-state index is 12.2. The zero-order valence-electron chi connectivity index (χ0n) is 15.6. The fraction of sp³-hybridized carbons (Fsp3) is 0.190. The molecule has 0 aliphatic rings. The van der Waals surface area contributed by atoms with E-state index in [4.69, 9.17) is 21.1 Å². The summed E-state index contributed by atoms with van der Waals surface area (Å²) in [6.07, 6.45) is 2.01. The van der Waals surface area contributed by atoms with Crippen LogP contribution in [0.5, 0.6) is 0 Å². The summed E-state index contributed by atoms with van der Waals surface area (Å²) in [5, 5.41) is 3.73. The Bertz CT molecular complexity index is 1050. The molecule has 1 heterocycles. The van der Waals surface area contributed by atoms with E-state index in [0.29, 0.717) is 0 Å². The van der Waals surface area contributed by atoms with Crippen LogP contribution in [0.3, 0.4) is 0 Å². The van der Waals surface area contributed by atoms with Gasteiger partial charge in [0.1, 0.15) is 6.04 Å². The number of rotatable bonds is 7. The number of H-pyrrole nitrogens is 1. The van der Waals surface area contributed by atoms with Gasteiger partial charge in [0, 0.05) is 23.5 Å². The Labute approximate surface area is 171 Å². The van der Waals surface area contributed by atoms with E-state index in [2.05, 4.69) is 10.3 Å². The highest BCUT2D eigenvalue weighted by Crippen LogP contribution is 2.19. The Morgan fingerprint density at radius 1 is 1.10 bits per heavy atom. The molecule has 0 bridgehead atoms. The van der Waals surface area contributed by atoms with Crippen LogP contribution in [-0.2, 0) is 25.5 Å². The van der Waals surface area contributed by atoms with E-state index in [-0.39, 0.29) is 17.0 Å². The lowest BCUT2D eigenvalue weighted by Crippen LogP contribution is -2.44. The number of para-hydroxylation sites is 1. The summed E-state index contributed by atoms with van der Waals surface area (Å²) in [7, 11) is 1.24. The maximum Gasteiger partial charge on any atom is 0.340 e. The number of benzene rings is 2. The Hall–Kier alpha value is -3.32. The number of nitrogens with one attached hydrogen (secondary N) is 2. The molecular formula is C21H19ClN2O5. The number of carbonyl (C=O) groups excluding carboxylic acids is 3. The second kappa shape index (κ2) is 9.25. The van der Waals surface area contributed by atoms with E-state index in [0.717, 1.165) is 16.5 Å². The Balaban J connectivity index is 1.64. The van der Waals surface area contributed by atoms with Crippen molar-refractivity contribution in [3.8, 4) is 0 Å². The normalized spacial score (nSPS) is 11.7. The molecule has 8 heteroatoms. The van der Waals surface area contributed by atoms with Crippen LogP contribution in [0, 0.1) is 0 Å². The van der Waals surface area contributed by atoms with Gasteiger partial charge in [0.2, 0.25) is 0 Å². The lowest BCUT2D eigenvalue weighted by molar-refractivity contribution is -0.145. The highest BCUT2D eigenvalue weighted by atomic mass is 35.5. The average molecular weight is 415 g/mol. The van der Waals surface area contributed by atoms with Gasteiger partial charge in [-0.25, -0.2) is 9.59 Å². The van der Waals surface area contributed by atoms with Gasteiger partial charge in [0.05, 0.1) is 17.7 Å². The van der Waals surface area contributed by atoms with E-state index in [9.17, 15) is 14.4 Å². The van der Waals surface area contributed by atoms with Gasteiger partial charge in [-0.3, -0.25) is 4.79 Å². The van der Waals surface area contributed by atoms with Crippen LogP contribution < -0.4 is 5.32 Å². The molecule has 150 valence electrons. The van der Waals surface area contributed by atoms with Gasteiger partial charge in [-0.2, -0.15) is 0 Å². The van der Waals surface area contributed by atoms with Crippen molar-refractivity contribution in [2.45, 2.75) is 12.5 Å². The largest absolute Gasteiger partial charge is 0.467 e. The van der Waals surface area contributed by atoms with Gasteiger partial charge in [-0.1, -0.05) is 41.9 Å². The van der Waals surface area contributed by atoms with Crippen LogP contribution in [0.25, 0.3) is 10.9 Å². The molecule has 3 rings (SSSR count). The van der Waals surface area contributed by atoms with Gasteiger partial charge in [-0.05, 0) is 23.8 Å². The third-order valence-electron chi connectivity index (χ3n) is 4.35. The first kappa shape index (κ1) is 20.4.